The maximum absolute atomic E-state index is 13.5. The van der Waals surface area contributed by atoms with Crippen LogP contribution in [0.15, 0.2) is 18.3 Å². The number of aryl methyl sites for hydroxylation is 1. The van der Waals surface area contributed by atoms with Crippen molar-refractivity contribution in [2.45, 2.75) is 13.6 Å². The van der Waals surface area contributed by atoms with Crippen molar-refractivity contribution in [1.29, 1.82) is 0 Å². The molecule has 0 spiro atoms. The van der Waals surface area contributed by atoms with E-state index in [0.29, 0.717) is 22.5 Å². The predicted molar refractivity (Wildman–Crippen MR) is 57.9 cm³/mol. The lowest BCUT2D eigenvalue weighted by Gasteiger charge is -2.06. The second-order valence-electron chi connectivity index (χ2n) is 3.58. The summed E-state index contributed by atoms with van der Waals surface area (Å²) >= 11 is 0. The van der Waals surface area contributed by atoms with Crippen LogP contribution >= 0.6 is 0 Å². The molecule has 84 valence electrons. The molecule has 1 aromatic heterocycles. The van der Waals surface area contributed by atoms with Gasteiger partial charge in [-0.2, -0.15) is 5.10 Å². The van der Waals surface area contributed by atoms with Crippen molar-refractivity contribution in [3.8, 4) is 11.1 Å². The third kappa shape index (κ3) is 1.64. The van der Waals surface area contributed by atoms with Crippen LogP contribution in [0.25, 0.3) is 11.1 Å². The first-order chi connectivity index (χ1) is 7.63. The summed E-state index contributed by atoms with van der Waals surface area (Å²) in [5.74, 6) is -0.190. The normalized spacial score (nSPS) is 10.7. The van der Waals surface area contributed by atoms with Crippen molar-refractivity contribution in [1.82, 2.24) is 10.2 Å². The van der Waals surface area contributed by atoms with Gasteiger partial charge in [0.25, 0.3) is 0 Å². The van der Waals surface area contributed by atoms with E-state index in [-0.39, 0.29) is 5.56 Å². The van der Waals surface area contributed by atoms with E-state index in [1.807, 2.05) is 0 Å². The molecule has 3 nitrogen and oxygen atoms in total. The number of nitrogens with zero attached hydrogens (tertiary/aromatic N) is 1. The second-order valence-corrected chi connectivity index (χ2v) is 3.58. The van der Waals surface area contributed by atoms with Gasteiger partial charge in [-0.3, -0.25) is 5.10 Å². The highest BCUT2D eigenvalue weighted by molar-refractivity contribution is 5.73. The van der Waals surface area contributed by atoms with Crippen LogP contribution in [0.2, 0.25) is 0 Å². The van der Waals surface area contributed by atoms with Crippen molar-refractivity contribution in [3.05, 3.63) is 35.3 Å². The molecule has 3 N–H and O–H groups in total. The van der Waals surface area contributed by atoms with Gasteiger partial charge < -0.3 is 5.73 Å². The number of alkyl halides is 1. The largest absolute Gasteiger partial charge is 0.384 e. The summed E-state index contributed by atoms with van der Waals surface area (Å²) in [4.78, 5) is 0. The highest BCUT2D eigenvalue weighted by Gasteiger charge is 2.11. The molecule has 16 heavy (non-hydrogen) atoms. The Morgan fingerprint density at radius 1 is 1.44 bits per heavy atom. The molecular formula is C11H11F2N3. The van der Waals surface area contributed by atoms with Crippen LogP contribution in [-0.2, 0) is 6.67 Å². The second kappa shape index (κ2) is 3.92. The number of H-pyrrole nitrogens is 1. The van der Waals surface area contributed by atoms with Crippen LogP contribution in [0.4, 0.5) is 14.6 Å². The number of anilines is 1. The molecule has 0 amide bonds. The molecule has 0 aliphatic rings. The Morgan fingerprint density at radius 3 is 2.69 bits per heavy atom. The van der Waals surface area contributed by atoms with Gasteiger partial charge in [0.15, 0.2) is 0 Å². The Balaban J connectivity index is 2.57. The molecule has 0 atom stereocenters. The summed E-state index contributed by atoms with van der Waals surface area (Å²) in [6.45, 7) is 0.858. The Bertz CT molecular complexity index is 497. The van der Waals surface area contributed by atoms with Crippen molar-refractivity contribution in [3.63, 3.8) is 0 Å². The molecule has 5 heteroatoms. The zero-order valence-corrected chi connectivity index (χ0v) is 8.72. The summed E-state index contributed by atoms with van der Waals surface area (Å²) in [6, 6.07) is 2.96. The van der Waals surface area contributed by atoms with E-state index in [4.69, 9.17) is 5.73 Å². The lowest BCUT2D eigenvalue weighted by molar-refractivity contribution is 0.462. The van der Waals surface area contributed by atoms with E-state index in [0.717, 1.165) is 0 Å². The van der Waals surface area contributed by atoms with Gasteiger partial charge in [-0.15, -0.1) is 0 Å². The molecule has 0 saturated heterocycles. The highest BCUT2D eigenvalue weighted by Crippen LogP contribution is 2.27. The molecule has 0 fully saturated rings. The first kappa shape index (κ1) is 10.6. The number of nitrogens with two attached hydrogens (primary N) is 1. The average molecular weight is 223 g/mol. The molecule has 1 aromatic carbocycles. The molecule has 0 saturated carbocycles. The zero-order valence-electron chi connectivity index (χ0n) is 8.72. The van der Waals surface area contributed by atoms with Gasteiger partial charge in [-0.1, -0.05) is 6.07 Å². The molecule has 2 rings (SSSR count). The molecule has 0 aliphatic heterocycles. The topological polar surface area (TPSA) is 54.7 Å². The smallest absolute Gasteiger partial charge is 0.129 e. The van der Waals surface area contributed by atoms with Gasteiger partial charge in [-0.25, -0.2) is 8.78 Å². The average Bonchev–Trinajstić information content (AvgIpc) is 2.64. The summed E-state index contributed by atoms with van der Waals surface area (Å²) in [6.07, 6.45) is 1.51. The number of benzene rings is 1. The quantitative estimate of drug-likeness (QED) is 0.822. The van der Waals surface area contributed by atoms with E-state index in [1.165, 1.54) is 12.3 Å². The fourth-order valence-corrected chi connectivity index (χ4v) is 1.62. The van der Waals surface area contributed by atoms with Crippen LogP contribution in [0.1, 0.15) is 11.1 Å². The fraction of sp³-hybridized carbons (Fsp3) is 0.182. The summed E-state index contributed by atoms with van der Waals surface area (Å²) < 4.78 is 26.0. The van der Waals surface area contributed by atoms with Crippen LogP contribution in [0.3, 0.4) is 0 Å². The maximum Gasteiger partial charge on any atom is 0.129 e. The monoisotopic (exact) mass is 223 g/mol. The first-order valence-electron chi connectivity index (χ1n) is 4.77. The number of aromatic nitrogens is 2. The number of nitrogen functional groups attached to an aromatic ring is 1. The summed E-state index contributed by atoms with van der Waals surface area (Å²) in [5, 5.41) is 6.32. The third-order valence-electron chi connectivity index (χ3n) is 2.53. The number of halogens is 2. The maximum atomic E-state index is 13.5. The number of nitrogens with one attached hydrogen (secondary N) is 1. The number of hydrogen-bond donors (Lipinski definition) is 2. The van der Waals surface area contributed by atoms with E-state index < -0.39 is 12.5 Å². The van der Waals surface area contributed by atoms with Crippen LogP contribution in [0.5, 0.6) is 0 Å². The van der Waals surface area contributed by atoms with E-state index in [9.17, 15) is 8.78 Å². The van der Waals surface area contributed by atoms with Gasteiger partial charge in [0.2, 0.25) is 0 Å². The Morgan fingerprint density at radius 2 is 2.19 bits per heavy atom. The lowest BCUT2D eigenvalue weighted by Crippen LogP contribution is -1.94. The zero-order chi connectivity index (χ0) is 11.7. The summed E-state index contributed by atoms with van der Waals surface area (Å²) in [7, 11) is 0. The third-order valence-corrected chi connectivity index (χ3v) is 2.53. The lowest BCUT2D eigenvalue weighted by atomic mass is 10.0. The molecule has 1 heterocycles. The van der Waals surface area contributed by atoms with Crippen LogP contribution < -0.4 is 5.73 Å². The molecule has 0 bridgehead atoms. The molecule has 2 aromatic rings. The van der Waals surface area contributed by atoms with Crippen molar-refractivity contribution in [2.24, 2.45) is 0 Å². The van der Waals surface area contributed by atoms with Crippen molar-refractivity contribution < 1.29 is 8.78 Å². The van der Waals surface area contributed by atoms with Crippen LogP contribution in [-0.4, -0.2) is 10.2 Å². The number of hydrogen-bond acceptors (Lipinski definition) is 2. The van der Waals surface area contributed by atoms with Crippen molar-refractivity contribution in [2.75, 3.05) is 5.73 Å². The van der Waals surface area contributed by atoms with Crippen molar-refractivity contribution >= 4 is 5.82 Å². The van der Waals surface area contributed by atoms with E-state index in [1.54, 1.807) is 13.0 Å². The minimum atomic E-state index is -0.807. The first-order valence-corrected chi connectivity index (χ1v) is 4.77. The number of aromatic amines is 1. The standard InChI is InChI=1S/C11H11F2N3/c1-6-2-7(3-10(13)8(6)4-12)9-5-15-16-11(9)14/h2-3,5H,4H2,1H3,(H3,14,15,16). The molecule has 0 unspecified atom stereocenters. The Hall–Kier alpha value is -1.91. The Kier molecular flexibility index (Phi) is 2.60. The highest BCUT2D eigenvalue weighted by atomic mass is 19.1. The van der Waals surface area contributed by atoms with Gasteiger partial charge in [0.05, 0.1) is 6.20 Å². The van der Waals surface area contributed by atoms with Crippen LogP contribution in [0, 0.1) is 12.7 Å². The van der Waals surface area contributed by atoms with Gasteiger partial charge >= 0.3 is 0 Å². The SMILES string of the molecule is Cc1cc(-c2cn[nH]c2N)cc(F)c1CF. The van der Waals surface area contributed by atoms with Gasteiger partial charge in [-0.05, 0) is 24.1 Å². The summed E-state index contributed by atoms with van der Waals surface area (Å²) in [5.41, 5.74) is 7.50. The Labute approximate surface area is 91.3 Å². The van der Waals surface area contributed by atoms with Gasteiger partial charge in [0.1, 0.15) is 18.3 Å². The fourth-order valence-electron chi connectivity index (χ4n) is 1.62. The van der Waals surface area contributed by atoms with Gasteiger partial charge in [0, 0.05) is 11.1 Å². The van der Waals surface area contributed by atoms with E-state index >= 15 is 0 Å². The molecular weight excluding hydrogens is 212 g/mol. The minimum absolute atomic E-state index is 0.0887. The van der Waals surface area contributed by atoms with E-state index in [2.05, 4.69) is 10.2 Å². The minimum Gasteiger partial charge on any atom is -0.384 e. The molecule has 0 aliphatic carbocycles. The molecule has 0 radical (unpaired) electrons. The number of rotatable bonds is 2. The predicted octanol–water partition coefficient (Wildman–Crippen LogP) is 2.58.